The van der Waals surface area contributed by atoms with Gasteiger partial charge in [-0.3, -0.25) is 4.79 Å². The third-order valence-corrected chi connectivity index (χ3v) is 6.38. The molecule has 2 bridgehead atoms. The highest BCUT2D eigenvalue weighted by atomic mass is 16.5. The molecule has 1 saturated heterocycles. The molecular formula is C24H24N4O2. The molecule has 3 heterocycles. The molecule has 3 aromatic rings. The Balaban J connectivity index is 1.43. The van der Waals surface area contributed by atoms with Crippen molar-refractivity contribution in [3.05, 3.63) is 72.1 Å². The maximum atomic E-state index is 13.7. The summed E-state index contributed by atoms with van der Waals surface area (Å²) in [5, 5.41) is 8.19. The van der Waals surface area contributed by atoms with Crippen molar-refractivity contribution in [3.63, 3.8) is 0 Å². The predicted octanol–water partition coefficient (Wildman–Crippen LogP) is 3.92. The maximum Gasteiger partial charge on any atom is 0.255 e. The lowest BCUT2D eigenvalue weighted by atomic mass is 9.96. The Morgan fingerprint density at radius 1 is 1.10 bits per heavy atom. The molecule has 0 spiro atoms. The van der Waals surface area contributed by atoms with Crippen LogP contribution in [0.4, 0.5) is 0 Å². The van der Waals surface area contributed by atoms with Gasteiger partial charge in [0.25, 0.3) is 5.91 Å². The highest BCUT2D eigenvalue weighted by molar-refractivity contribution is 6.01. The van der Waals surface area contributed by atoms with E-state index in [9.17, 15) is 4.79 Å². The quantitative estimate of drug-likeness (QED) is 0.664. The molecule has 5 rings (SSSR count). The summed E-state index contributed by atoms with van der Waals surface area (Å²) >= 11 is 0. The van der Waals surface area contributed by atoms with E-state index in [4.69, 9.17) is 4.74 Å². The van der Waals surface area contributed by atoms with Crippen LogP contribution in [0.5, 0.6) is 5.88 Å². The molecule has 2 fully saturated rings. The van der Waals surface area contributed by atoms with E-state index in [1.165, 1.54) is 0 Å². The van der Waals surface area contributed by atoms with Crippen LogP contribution in [0.15, 0.2) is 60.9 Å². The van der Waals surface area contributed by atoms with Gasteiger partial charge in [-0.1, -0.05) is 24.3 Å². The summed E-state index contributed by atoms with van der Waals surface area (Å²) in [4.78, 5) is 20.1. The van der Waals surface area contributed by atoms with Crippen molar-refractivity contribution in [3.8, 4) is 17.1 Å². The van der Waals surface area contributed by atoms with E-state index >= 15 is 0 Å². The number of hydrogen-bond acceptors (Lipinski definition) is 5. The molecule has 1 aliphatic carbocycles. The number of amides is 1. The van der Waals surface area contributed by atoms with E-state index in [1.54, 1.807) is 6.20 Å². The molecule has 2 aromatic heterocycles. The molecule has 152 valence electrons. The van der Waals surface area contributed by atoms with Crippen molar-refractivity contribution in [1.29, 1.82) is 0 Å². The largest absolute Gasteiger partial charge is 0.472 e. The fraction of sp³-hybridized carbons (Fsp3) is 0.333. The minimum absolute atomic E-state index is 0.0291. The Morgan fingerprint density at radius 3 is 2.70 bits per heavy atom. The molecule has 2 aliphatic rings. The zero-order chi connectivity index (χ0) is 20.7. The van der Waals surface area contributed by atoms with Gasteiger partial charge in [0.15, 0.2) is 0 Å². The number of rotatable bonds is 4. The van der Waals surface area contributed by atoms with Gasteiger partial charge in [0.05, 0.1) is 11.7 Å². The van der Waals surface area contributed by atoms with Crippen LogP contribution in [-0.4, -0.2) is 44.2 Å². The second kappa shape index (κ2) is 7.52. The van der Waals surface area contributed by atoms with Gasteiger partial charge in [0.1, 0.15) is 6.10 Å². The maximum absolute atomic E-state index is 13.7. The molecule has 1 aliphatic heterocycles. The zero-order valence-electron chi connectivity index (χ0n) is 17.1. The second-order valence-electron chi connectivity index (χ2n) is 8.24. The molecule has 1 aromatic carbocycles. The zero-order valence-corrected chi connectivity index (χ0v) is 17.1. The van der Waals surface area contributed by atoms with Crippen LogP contribution < -0.4 is 4.74 Å². The van der Waals surface area contributed by atoms with Crippen LogP contribution in [0, 0.1) is 12.8 Å². The standard InChI is InChI=1S/C24H24N4O2/c1-15-9-10-23(25-14-15)30-22-13-17-12-21(22)28(16(17)2)24(29)19-7-4-3-6-18(19)20-8-5-11-26-27-20/h3-11,14,16-17,21-22H,12-13H2,1-2H3. The Hall–Kier alpha value is -3.28. The van der Waals surface area contributed by atoms with Crippen LogP contribution in [0.2, 0.25) is 0 Å². The molecular weight excluding hydrogens is 376 g/mol. The third-order valence-electron chi connectivity index (χ3n) is 6.38. The predicted molar refractivity (Wildman–Crippen MR) is 113 cm³/mol. The number of carbonyl (C=O) groups is 1. The number of piperidine rings is 1. The van der Waals surface area contributed by atoms with E-state index in [-0.39, 0.29) is 24.1 Å². The van der Waals surface area contributed by atoms with Gasteiger partial charge in [-0.05, 0) is 56.4 Å². The molecule has 0 N–H and O–H groups in total. The van der Waals surface area contributed by atoms with Gasteiger partial charge in [0.2, 0.25) is 5.88 Å². The number of pyridine rings is 1. The Labute approximate surface area is 175 Å². The molecule has 6 heteroatoms. The van der Waals surface area contributed by atoms with Crippen molar-refractivity contribution >= 4 is 5.91 Å². The minimum atomic E-state index is -0.0333. The summed E-state index contributed by atoms with van der Waals surface area (Å²) in [5.74, 6) is 1.10. The number of carbonyl (C=O) groups excluding carboxylic acids is 1. The Morgan fingerprint density at radius 2 is 1.97 bits per heavy atom. The fourth-order valence-corrected chi connectivity index (χ4v) is 4.85. The van der Waals surface area contributed by atoms with E-state index in [2.05, 4.69) is 22.1 Å². The number of hydrogen-bond donors (Lipinski definition) is 0. The smallest absolute Gasteiger partial charge is 0.255 e. The Bertz CT molecular complexity index is 1050. The lowest BCUT2D eigenvalue weighted by molar-refractivity contribution is 0.0314. The fourth-order valence-electron chi connectivity index (χ4n) is 4.85. The average Bonchev–Trinajstić information content (AvgIpc) is 3.33. The van der Waals surface area contributed by atoms with Crippen LogP contribution in [0.25, 0.3) is 11.3 Å². The van der Waals surface area contributed by atoms with Gasteiger partial charge in [-0.2, -0.15) is 10.2 Å². The van der Waals surface area contributed by atoms with Crippen molar-refractivity contribution in [2.24, 2.45) is 5.92 Å². The second-order valence-corrected chi connectivity index (χ2v) is 8.24. The summed E-state index contributed by atoms with van der Waals surface area (Å²) in [6.07, 6.45) is 5.34. The lowest BCUT2D eigenvalue weighted by Crippen LogP contribution is -2.51. The normalized spacial score (nSPS) is 24.8. The van der Waals surface area contributed by atoms with Gasteiger partial charge < -0.3 is 9.64 Å². The van der Waals surface area contributed by atoms with Crippen LogP contribution >= 0.6 is 0 Å². The van der Waals surface area contributed by atoms with Crippen molar-refractivity contribution in [1.82, 2.24) is 20.1 Å². The Kier molecular flexibility index (Phi) is 4.69. The van der Waals surface area contributed by atoms with E-state index in [1.807, 2.05) is 66.6 Å². The topological polar surface area (TPSA) is 68.2 Å². The lowest BCUT2D eigenvalue weighted by Gasteiger charge is -2.38. The van der Waals surface area contributed by atoms with E-state index < -0.39 is 0 Å². The van der Waals surface area contributed by atoms with E-state index in [0.717, 1.165) is 24.0 Å². The van der Waals surface area contributed by atoms with Crippen LogP contribution in [-0.2, 0) is 0 Å². The number of fused-ring (bicyclic) bond motifs is 2. The van der Waals surface area contributed by atoms with Gasteiger partial charge in [-0.25, -0.2) is 4.98 Å². The first-order valence-corrected chi connectivity index (χ1v) is 10.4. The average molecular weight is 400 g/mol. The molecule has 0 radical (unpaired) electrons. The minimum Gasteiger partial charge on any atom is -0.472 e. The summed E-state index contributed by atoms with van der Waals surface area (Å²) < 4.78 is 6.22. The third kappa shape index (κ3) is 3.22. The summed E-state index contributed by atoms with van der Waals surface area (Å²) in [6.45, 7) is 4.15. The van der Waals surface area contributed by atoms with E-state index in [0.29, 0.717) is 23.1 Å². The van der Waals surface area contributed by atoms with Crippen molar-refractivity contribution in [2.45, 2.75) is 44.9 Å². The molecule has 1 amide bonds. The summed E-state index contributed by atoms with van der Waals surface area (Å²) in [6, 6.07) is 15.5. The highest BCUT2D eigenvalue weighted by Gasteiger charge is 2.52. The van der Waals surface area contributed by atoms with Crippen LogP contribution in [0.3, 0.4) is 0 Å². The number of ether oxygens (including phenoxy) is 1. The first-order chi connectivity index (χ1) is 14.6. The first kappa shape index (κ1) is 18.7. The van der Waals surface area contributed by atoms with Crippen molar-refractivity contribution < 1.29 is 9.53 Å². The van der Waals surface area contributed by atoms with Gasteiger partial charge >= 0.3 is 0 Å². The molecule has 6 nitrogen and oxygen atoms in total. The summed E-state index contributed by atoms with van der Waals surface area (Å²) in [7, 11) is 0. The number of likely N-dealkylation sites (tertiary alicyclic amines) is 1. The molecule has 4 unspecified atom stereocenters. The number of aryl methyl sites for hydroxylation is 1. The van der Waals surface area contributed by atoms with Gasteiger partial charge in [0, 0.05) is 35.6 Å². The number of aromatic nitrogens is 3. The highest BCUT2D eigenvalue weighted by Crippen LogP contribution is 2.45. The molecule has 1 saturated carbocycles. The van der Waals surface area contributed by atoms with Crippen LogP contribution in [0.1, 0.15) is 35.7 Å². The van der Waals surface area contributed by atoms with Gasteiger partial charge in [-0.15, -0.1) is 0 Å². The number of benzene rings is 1. The molecule has 4 atom stereocenters. The SMILES string of the molecule is Cc1ccc(OC2CC3CC2N(C(=O)c2ccccc2-c2cccnn2)C3C)nc1. The first-order valence-electron chi connectivity index (χ1n) is 10.4. The van der Waals surface area contributed by atoms with Crippen molar-refractivity contribution in [2.75, 3.05) is 0 Å². The molecule has 30 heavy (non-hydrogen) atoms. The number of nitrogens with zero attached hydrogens (tertiary/aromatic N) is 4. The monoisotopic (exact) mass is 400 g/mol. The summed E-state index contributed by atoms with van der Waals surface area (Å²) in [5.41, 5.74) is 3.27.